The summed E-state index contributed by atoms with van der Waals surface area (Å²) in [4.78, 5) is 24.3. The van der Waals surface area contributed by atoms with Crippen LogP contribution in [0.2, 0.25) is 0 Å². The lowest BCUT2D eigenvalue weighted by Crippen LogP contribution is -2.39. The summed E-state index contributed by atoms with van der Waals surface area (Å²) in [5.74, 6) is -3.54. The maximum absolute atomic E-state index is 9.77. The fourth-order valence-electron chi connectivity index (χ4n) is 2.51. The van der Waals surface area contributed by atoms with Crippen LogP contribution in [0.4, 0.5) is 0 Å². The molecule has 0 amide bonds. The molecule has 2 heterocycles. The number of carboxylic acids is 2. The number of nitrogens with two attached hydrogens (primary N) is 1. The molecular formula is C18H20N2O6S. The Morgan fingerprint density at radius 3 is 2.19 bits per heavy atom. The molecule has 9 heteroatoms. The number of aliphatic hydroxyl groups excluding tert-OH is 2. The minimum Gasteiger partial charge on any atom is -0.479 e. The van der Waals surface area contributed by atoms with E-state index in [2.05, 4.69) is 46.8 Å². The molecule has 3 aromatic rings. The second-order valence-corrected chi connectivity index (χ2v) is 6.55. The zero-order valence-electron chi connectivity index (χ0n) is 14.2. The van der Waals surface area contributed by atoms with Gasteiger partial charge in [0.05, 0.1) is 10.6 Å². The van der Waals surface area contributed by atoms with Gasteiger partial charge in [0.25, 0.3) is 0 Å². The fraction of sp³-hybridized carbons (Fsp3) is 0.222. The average Bonchev–Trinajstić information content (AvgIpc) is 3.29. The molecule has 8 nitrogen and oxygen atoms in total. The van der Waals surface area contributed by atoms with Gasteiger partial charge in [-0.1, -0.05) is 24.3 Å². The van der Waals surface area contributed by atoms with E-state index < -0.39 is 24.1 Å². The molecule has 3 rings (SSSR count). The summed E-state index contributed by atoms with van der Waals surface area (Å²) < 4.78 is 0. The number of thiophene rings is 1. The van der Waals surface area contributed by atoms with Gasteiger partial charge in [-0.3, -0.25) is 0 Å². The number of aliphatic hydroxyl groups is 2. The van der Waals surface area contributed by atoms with E-state index in [0.29, 0.717) is 6.54 Å². The number of aliphatic carboxylic acids is 2. The van der Waals surface area contributed by atoms with Crippen LogP contribution in [0.25, 0.3) is 21.5 Å². The van der Waals surface area contributed by atoms with Crippen molar-refractivity contribution < 1.29 is 30.0 Å². The molecule has 0 radical (unpaired) electrons. The lowest BCUT2D eigenvalue weighted by molar-refractivity contribution is -0.165. The first-order chi connectivity index (χ1) is 12.9. The molecule has 0 saturated heterocycles. The van der Waals surface area contributed by atoms with Crippen molar-refractivity contribution in [3.63, 3.8) is 0 Å². The Kier molecular flexibility index (Phi) is 7.08. The van der Waals surface area contributed by atoms with Gasteiger partial charge in [0, 0.05) is 10.9 Å². The van der Waals surface area contributed by atoms with Crippen molar-refractivity contribution >= 4 is 34.2 Å². The number of para-hydroxylation sites is 1. The number of hydrogen-bond acceptors (Lipinski definition) is 6. The summed E-state index contributed by atoms with van der Waals surface area (Å²) in [6.45, 7) is 0.681. The Morgan fingerprint density at radius 1 is 1.04 bits per heavy atom. The van der Waals surface area contributed by atoms with E-state index in [1.165, 1.54) is 27.0 Å². The molecule has 144 valence electrons. The van der Waals surface area contributed by atoms with E-state index in [-0.39, 0.29) is 0 Å². The monoisotopic (exact) mass is 392 g/mol. The van der Waals surface area contributed by atoms with E-state index in [9.17, 15) is 9.59 Å². The Morgan fingerprint density at radius 2 is 1.67 bits per heavy atom. The minimum absolute atomic E-state index is 0.681. The van der Waals surface area contributed by atoms with Crippen LogP contribution in [0.5, 0.6) is 0 Å². The molecule has 0 aliphatic carbocycles. The smallest absolute Gasteiger partial charge is 0.335 e. The van der Waals surface area contributed by atoms with Gasteiger partial charge in [-0.25, -0.2) is 9.59 Å². The van der Waals surface area contributed by atoms with E-state index in [1.807, 2.05) is 0 Å². The average molecular weight is 392 g/mol. The van der Waals surface area contributed by atoms with Crippen molar-refractivity contribution in [2.45, 2.75) is 18.6 Å². The van der Waals surface area contributed by atoms with Crippen molar-refractivity contribution in [3.8, 4) is 10.6 Å². The molecule has 0 aliphatic heterocycles. The number of nitrogens with one attached hydrogen (secondary N) is 1. The first-order valence-electron chi connectivity index (χ1n) is 8.02. The third-order valence-corrected chi connectivity index (χ3v) is 4.67. The van der Waals surface area contributed by atoms with Crippen molar-refractivity contribution in [1.82, 2.24) is 4.98 Å². The third kappa shape index (κ3) is 4.92. The predicted octanol–water partition coefficient (Wildman–Crippen LogP) is 1.27. The first-order valence-corrected chi connectivity index (χ1v) is 8.90. The molecule has 0 fully saturated rings. The predicted molar refractivity (Wildman–Crippen MR) is 102 cm³/mol. The lowest BCUT2D eigenvalue weighted by atomic mass is 10.1. The molecule has 27 heavy (non-hydrogen) atoms. The summed E-state index contributed by atoms with van der Waals surface area (Å²) in [5, 5.41) is 35.9. The van der Waals surface area contributed by atoms with E-state index in [1.54, 1.807) is 11.3 Å². The summed E-state index contributed by atoms with van der Waals surface area (Å²) in [7, 11) is 0. The SMILES string of the molecule is NCCc1c(-c2cccs2)[nH]c2ccccc12.O=C(O)C(O)C(O)C(=O)O. The zero-order valence-corrected chi connectivity index (χ0v) is 15.0. The number of carbonyl (C=O) groups is 2. The maximum atomic E-state index is 9.77. The van der Waals surface area contributed by atoms with Gasteiger partial charge in [0.1, 0.15) is 0 Å². The number of fused-ring (bicyclic) bond motifs is 1. The zero-order chi connectivity index (χ0) is 20.0. The summed E-state index contributed by atoms with van der Waals surface area (Å²) in [6.07, 6.45) is -3.62. The molecule has 0 bridgehead atoms. The standard InChI is InChI=1S/C14H14N2S.C4H6O6/c15-8-7-11-10-4-1-2-5-12(10)16-14(11)13-6-3-9-17-13;5-1(3(7)8)2(6)4(9)10/h1-6,9,16H,7-8,15H2;1-2,5-6H,(H,7,8)(H,9,10). The van der Waals surface area contributed by atoms with Gasteiger partial charge < -0.3 is 31.1 Å². The van der Waals surface area contributed by atoms with Gasteiger partial charge in [0.15, 0.2) is 12.2 Å². The van der Waals surface area contributed by atoms with Gasteiger partial charge in [-0.05, 0) is 36.0 Å². The minimum atomic E-state index is -2.27. The quantitative estimate of drug-likeness (QED) is 0.369. The molecule has 1 aromatic carbocycles. The topological polar surface area (TPSA) is 157 Å². The molecule has 0 aliphatic rings. The number of carboxylic acid groups (broad SMARTS) is 2. The number of aromatic amines is 1. The lowest BCUT2D eigenvalue weighted by Gasteiger charge is -2.07. The number of hydrogen-bond donors (Lipinski definition) is 6. The second kappa shape index (κ2) is 9.28. The highest BCUT2D eigenvalue weighted by atomic mass is 32.1. The first kappa shape index (κ1) is 20.6. The van der Waals surface area contributed by atoms with Crippen LogP contribution in [0.1, 0.15) is 5.56 Å². The van der Waals surface area contributed by atoms with Crippen molar-refractivity contribution in [2.75, 3.05) is 6.54 Å². The van der Waals surface area contributed by atoms with Gasteiger partial charge >= 0.3 is 11.9 Å². The largest absolute Gasteiger partial charge is 0.479 e. The Labute approximate surface area is 158 Å². The molecule has 0 spiro atoms. The van der Waals surface area contributed by atoms with Gasteiger partial charge in [0.2, 0.25) is 0 Å². The van der Waals surface area contributed by atoms with Crippen LogP contribution in [-0.4, -0.2) is 56.1 Å². The molecule has 7 N–H and O–H groups in total. The number of benzene rings is 1. The molecule has 2 atom stereocenters. The number of aromatic nitrogens is 1. The Balaban J connectivity index is 0.000000227. The Bertz CT molecular complexity index is 888. The molecule has 0 saturated carbocycles. The highest BCUT2D eigenvalue weighted by Gasteiger charge is 2.29. The van der Waals surface area contributed by atoms with Crippen molar-refractivity contribution in [2.24, 2.45) is 5.73 Å². The van der Waals surface area contributed by atoms with Crippen LogP contribution in [0.15, 0.2) is 41.8 Å². The van der Waals surface area contributed by atoms with Crippen LogP contribution < -0.4 is 5.73 Å². The number of rotatable bonds is 6. The highest BCUT2D eigenvalue weighted by Crippen LogP contribution is 2.32. The highest BCUT2D eigenvalue weighted by molar-refractivity contribution is 7.13. The second-order valence-electron chi connectivity index (χ2n) is 5.61. The van der Waals surface area contributed by atoms with Gasteiger partial charge in [-0.15, -0.1) is 11.3 Å². The molecule has 2 aromatic heterocycles. The third-order valence-electron chi connectivity index (χ3n) is 3.78. The van der Waals surface area contributed by atoms with Crippen LogP contribution >= 0.6 is 11.3 Å². The summed E-state index contributed by atoms with van der Waals surface area (Å²) in [6, 6.07) is 12.6. The van der Waals surface area contributed by atoms with Crippen molar-refractivity contribution in [1.29, 1.82) is 0 Å². The van der Waals surface area contributed by atoms with Crippen LogP contribution in [0.3, 0.4) is 0 Å². The fourth-order valence-corrected chi connectivity index (χ4v) is 3.26. The van der Waals surface area contributed by atoms with E-state index >= 15 is 0 Å². The van der Waals surface area contributed by atoms with Gasteiger partial charge in [-0.2, -0.15) is 0 Å². The number of H-pyrrole nitrogens is 1. The maximum Gasteiger partial charge on any atom is 0.335 e. The van der Waals surface area contributed by atoms with E-state index in [0.717, 1.165) is 6.42 Å². The summed E-state index contributed by atoms with van der Waals surface area (Å²) in [5.41, 5.74) is 9.48. The van der Waals surface area contributed by atoms with Crippen LogP contribution in [0, 0.1) is 0 Å². The normalized spacial score (nSPS) is 12.9. The summed E-state index contributed by atoms with van der Waals surface area (Å²) >= 11 is 1.76. The van der Waals surface area contributed by atoms with Crippen molar-refractivity contribution in [3.05, 3.63) is 47.3 Å². The van der Waals surface area contributed by atoms with E-state index in [4.69, 9.17) is 26.2 Å². The van der Waals surface area contributed by atoms with Crippen LogP contribution in [-0.2, 0) is 16.0 Å². The Hall–Kier alpha value is -2.72. The molecule has 2 unspecified atom stereocenters. The molecular weight excluding hydrogens is 372 g/mol.